The quantitative estimate of drug-likeness (QED) is 0.606. The van der Waals surface area contributed by atoms with Crippen LogP contribution < -0.4 is 5.32 Å². The van der Waals surface area contributed by atoms with Gasteiger partial charge in [0.1, 0.15) is 17.1 Å². The monoisotopic (exact) mass is 253 g/mol. The molecule has 1 fully saturated rings. The fourth-order valence-corrected chi connectivity index (χ4v) is 1.81. The lowest BCUT2D eigenvalue weighted by atomic mass is 10.0. The molecule has 6 nitrogen and oxygen atoms in total. The lowest BCUT2D eigenvalue weighted by Gasteiger charge is -2.20. The molecular formula is C12H15NO5. The molecule has 0 aromatic heterocycles. The molecule has 1 unspecified atom stereocenters. The van der Waals surface area contributed by atoms with E-state index in [1.165, 1.54) is 12.1 Å². The van der Waals surface area contributed by atoms with Gasteiger partial charge in [-0.15, -0.1) is 0 Å². The molecule has 98 valence electrons. The molecule has 18 heavy (non-hydrogen) atoms. The number of rotatable bonds is 3. The molecule has 1 atom stereocenters. The minimum absolute atomic E-state index is 0.0717. The van der Waals surface area contributed by atoms with Crippen LogP contribution in [0.25, 0.3) is 0 Å². The molecule has 0 radical (unpaired) electrons. The van der Waals surface area contributed by atoms with Crippen molar-refractivity contribution in [3.8, 4) is 11.5 Å². The number of ether oxygens (including phenoxy) is 1. The van der Waals surface area contributed by atoms with Crippen LogP contribution in [0.5, 0.6) is 11.5 Å². The molecule has 1 aromatic rings. The summed E-state index contributed by atoms with van der Waals surface area (Å²) in [6, 6.07) is 3.61. The second kappa shape index (κ2) is 4.83. The van der Waals surface area contributed by atoms with Gasteiger partial charge in [-0.2, -0.15) is 0 Å². The fraction of sp³-hybridized carbons (Fsp3) is 0.417. The van der Waals surface area contributed by atoms with Crippen molar-refractivity contribution < 1.29 is 24.9 Å². The van der Waals surface area contributed by atoms with Crippen molar-refractivity contribution in [3.05, 3.63) is 23.8 Å². The second-order valence-corrected chi connectivity index (χ2v) is 4.45. The average molecular weight is 253 g/mol. The topological polar surface area (TPSA) is 99.0 Å². The van der Waals surface area contributed by atoms with E-state index in [9.17, 15) is 20.1 Å². The molecule has 2 rings (SSSR count). The number of amides is 1. The van der Waals surface area contributed by atoms with Crippen molar-refractivity contribution in [2.75, 3.05) is 19.8 Å². The number of benzene rings is 1. The number of phenols is 2. The van der Waals surface area contributed by atoms with E-state index in [-0.39, 0.29) is 30.2 Å². The van der Waals surface area contributed by atoms with E-state index in [4.69, 9.17) is 4.74 Å². The van der Waals surface area contributed by atoms with Crippen LogP contribution in [-0.4, -0.2) is 46.6 Å². The predicted octanol–water partition coefficient (Wildman–Crippen LogP) is -0.0210. The van der Waals surface area contributed by atoms with Crippen LogP contribution in [0.1, 0.15) is 16.8 Å². The zero-order valence-electron chi connectivity index (χ0n) is 9.72. The molecule has 1 aliphatic rings. The molecule has 1 saturated heterocycles. The van der Waals surface area contributed by atoms with Crippen LogP contribution in [0.3, 0.4) is 0 Å². The van der Waals surface area contributed by atoms with Gasteiger partial charge in [0.2, 0.25) is 0 Å². The fourth-order valence-electron chi connectivity index (χ4n) is 1.81. The van der Waals surface area contributed by atoms with Gasteiger partial charge in [-0.25, -0.2) is 0 Å². The van der Waals surface area contributed by atoms with Crippen molar-refractivity contribution >= 4 is 5.91 Å². The van der Waals surface area contributed by atoms with Gasteiger partial charge in [-0.05, 0) is 12.1 Å². The third kappa shape index (κ3) is 2.91. The first-order chi connectivity index (χ1) is 8.48. The molecule has 1 aliphatic heterocycles. The number of aromatic hydroxyl groups is 2. The Bertz CT molecular complexity index is 434. The van der Waals surface area contributed by atoms with E-state index in [0.717, 1.165) is 6.07 Å². The number of hydrogen-bond acceptors (Lipinski definition) is 5. The normalized spacial score (nSPS) is 22.9. The zero-order chi connectivity index (χ0) is 13.2. The Labute approximate surface area is 104 Å². The largest absolute Gasteiger partial charge is 0.508 e. The summed E-state index contributed by atoms with van der Waals surface area (Å²) < 4.78 is 5.06. The highest BCUT2D eigenvalue weighted by Gasteiger charge is 2.32. The summed E-state index contributed by atoms with van der Waals surface area (Å²) in [7, 11) is 0. The van der Waals surface area contributed by atoms with E-state index in [1.54, 1.807) is 0 Å². The number of aliphatic hydroxyl groups is 1. The summed E-state index contributed by atoms with van der Waals surface area (Å²) >= 11 is 0. The van der Waals surface area contributed by atoms with Crippen molar-refractivity contribution in [2.24, 2.45) is 0 Å². The molecule has 1 amide bonds. The van der Waals surface area contributed by atoms with Crippen molar-refractivity contribution in [3.63, 3.8) is 0 Å². The number of hydrogen-bond donors (Lipinski definition) is 4. The van der Waals surface area contributed by atoms with Gasteiger partial charge < -0.3 is 25.4 Å². The van der Waals surface area contributed by atoms with Gasteiger partial charge in [0, 0.05) is 31.2 Å². The van der Waals surface area contributed by atoms with E-state index >= 15 is 0 Å². The number of nitrogens with one attached hydrogen (secondary N) is 1. The molecule has 0 spiro atoms. The van der Waals surface area contributed by atoms with E-state index in [2.05, 4.69) is 5.32 Å². The summed E-state index contributed by atoms with van der Waals surface area (Å²) in [5, 5.41) is 31.0. The van der Waals surface area contributed by atoms with Crippen molar-refractivity contribution in [2.45, 2.75) is 12.0 Å². The van der Waals surface area contributed by atoms with Gasteiger partial charge in [0.25, 0.3) is 5.91 Å². The Morgan fingerprint density at radius 3 is 2.56 bits per heavy atom. The number of carbonyl (C=O) groups excluding carboxylic acids is 1. The van der Waals surface area contributed by atoms with E-state index in [0.29, 0.717) is 13.0 Å². The molecule has 6 heteroatoms. The number of phenolic OH excluding ortho intramolecular Hbond substituents is 2. The molecule has 1 aromatic carbocycles. The minimum atomic E-state index is -1.03. The van der Waals surface area contributed by atoms with E-state index in [1.807, 2.05) is 0 Å². The summed E-state index contributed by atoms with van der Waals surface area (Å²) in [5.74, 6) is -0.854. The van der Waals surface area contributed by atoms with Crippen LogP contribution in [0.2, 0.25) is 0 Å². The SMILES string of the molecule is O=C(NCC1(O)CCOC1)c1cc(O)cc(O)c1. The summed E-state index contributed by atoms with van der Waals surface area (Å²) in [6.45, 7) is 0.736. The molecule has 0 saturated carbocycles. The van der Waals surface area contributed by atoms with Crippen molar-refractivity contribution in [1.82, 2.24) is 5.32 Å². The smallest absolute Gasteiger partial charge is 0.251 e. The number of carbonyl (C=O) groups is 1. The maximum absolute atomic E-state index is 11.8. The average Bonchev–Trinajstić information content (AvgIpc) is 2.72. The highest BCUT2D eigenvalue weighted by atomic mass is 16.5. The van der Waals surface area contributed by atoms with Crippen LogP contribution >= 0.6 is 0 Å². The third-order valence-electron chi connectivity index (χ3n) is 2.83. The van der Waals surface area contributed by atoms with Gasteiger partial charge >= 0.3 is 0 Å². The lowest BCUT2D eigenvalue weighted by Crippen LogP contribution is -2.43. The molecule has 1 heterocycles. The lowest BCUT2D eigenvalue weighted by molar-refractivity contribution is 0.0264. The highest BCUT2D eigenvalue weighted by Crippen LogP contribution is 2.21. The first-order valence-electron chi connectivity index (χ1n) is 5.60. The van der Waals surface area contributed by atoms with E-state index < -0.39 is 11.5 Å². The third-order valence-corrected chi connectivity index (χ3v) is 2.83. The maximum Gasteiger partial charge on any atom is 0.251 e. The van der Waals surface area contributed by atoms with Crippen molar-refractivity contribution in [1.29, 1.82) is 0 Å². The summed E-state index contributed by atoms with van der Waals surface area (Å²) in [4.78, 5) is 11.8. The predicted molar refractivity (Wildman–Crippen MR) is 62.5 cm³/mol. The first kappa shape index (κ1) is 12.7. The van der Waals surface area contributed by atoms with Crippen LogP contribution in [0.15, 0.2) is 18.2 Å². The standard InChI is InChI=1S/C12H15NO5/c14-9-3-8(4-10(15)5-9)11(16)13-6-12(17)1-2-18-7-12/h3-5,14-15,17H,1-2,6-7H2,(H,13,16). The maximum atomic E-state index is 11.8. The highest BCUT2D eigenvalue weighted by molar-refractivity contribution is 5.95. The van der Waals surface area contributed by atoms with Gasteiger partial charge in [0.05, 0.1) is 6.61 Å². The Morgan fingerprint density at radius 1 is 1.33 bits per heavy atom. The molecule has 4 N–H and O–H groups in total. The Morgan fingerprint density at radius 2 is 2.00 bits per heavy atom. The van der Waals surface area contributed by atoms with Crippen LogP contribution in [-0.2, 0) is 4.74 Å². The van der Waals surface area contributed by atoms with Crippen LogP contribution in [0.4, 0.5) is 0 Å². The molecule has 0 bridgehead atoms. The van der Waals surface area contributed by atoms with Crippen LogP contribution in [0, 0.1) is 0 Å². The van der Waals surface area contributed by atoms with Gasteiger partial charge in [-0.1, -0.05) is 0 Å². The minimum Gasteiger partial charge on any atom is -0.508 e. The molecule has 0 aliphatic carbocycles. The zero-order valence-corrected chi connectivity index (χ0v) is 9.72. The van der Waals surface area contributed by atoms with Gasteiger partial charge in [0.15, 0.2) is 0 Å². The summed E-state index contributed by atoms with van der Waals surface area (Å²) in [5.41, 5.74) is -0.899. The summed E-state index contributed by atoms with van der Waals surface area (Å²) in [6.07, 6.45) is 0.471. The van der Waals surface area contributed by atoms with Gasteiger partial charge in [-0.3, -0.25) is 4.79 Å². The Hall–Kier alpha value is -1.79. The Kier molecular flexibility index (Phi) is 3.40. The first-order valence-corrected chi connectivity index (χ1v) is 5.60. The molecular weight excluding hydrogens is 238 g/mol. The second-order valence-electron chi connectivity index (χ2n) is 4.45. The Balaban J connectivity index is 1.99.